The number of aryl methyl sites for hydroxylation is 1. The number of hydrogen-bond acceptors (Lipinski definition) is 7. The normalized spacial score (nSPS) is 11.0. The average Bonchev–Trinajstić information content (AvgIpc) is 3.28. The molecule has 0 bridgehead atoms. The van der Waals surface area contributed by atoms with Gasteiger partial charge in [-0.3, -0.25) is 14.3 Å². The molecule has 166 valence electrons. The van der Waals surface area contributed by atoms with Gasteiger partial charge in [0.15, 0.2) is 11.0 Å². The highest BCUT2D eigenvalue weighted by Gasteiger charge is 2.17. The molecule has 0 atom stereocenters. The summed E-state index contributed by atoms with van der Waals surface area (Å²) in [7, 11) is 1.59. The lowest BCUT2D eigenvalue weighted by Gasteiger charge is -2.10. The van der Waals surface area contributed by atoms with E-state index in [-0.39, 0.29) is 11.7 Å². The zero-order valence-corrected chi connectivity index (χ0v) is 19.0. The van der Waals surface area contributed by atoms with Crippen LogP contribution in [0.4, 0.5) is 0 Å². The van der Waals surface area contributed by atoms with Gasteiger partial charge in [-0.15, -0.1) is 10.2 Å². The van der Waals surface area contributed by atoms with E-state index in [1.165, 1.54) is 11.8 Å². The Labute approximate surface area is 195 Å². The fourth-order valence-electron chi connectivity index (χ4n) is 3.09. The first-order chi connectivity index (χ1) is 16.2. The number of para-hydroxylation sites is 1. The average molecular weight is 459 g/mol. The van der Waals surface area contributed by atoms with Crippen LogP contribution in [0.15, 0.2) is 83.3 Å². The molecule has 33 heavy (non-hydrogen) atoms. The third-order valence-electron chi connectivity index (χ3n) is 4.73. The number of carbonyl (C=O) groups excluding carboxylic acids is 1. The third kappa shape index (κ3) is 5.45. The molecule has 0 spiro atoms. The number of aromatic nitrogens is 4. The summed E-state index contributed by atoms with van der Waals surface area (Å²) < 4.78 is 7.21. The number of thioether (sulfide) groups is 1. The summed E-state index contributed by atoms with van der Waals surface area (Å²) in [5.41, 5.74) is 6.27. The molecule has 0 radical (unpaired) electrons. The largest absolute Gasteiger partial charge is 0.496 e. The number of carbonyl (C=O) groups is 1. The van der Waals surface area contributed by atoms with Crippen LogP contribution in [0, 0.1) is 6.92 Å². The van der Waals surface area contributed by atoms with Gasteiger partial charge < -0.3 is 4.74 Å². The Hall–Kier alpha value is -3.98. The van der Waals surface area contributed by atoms with Gasteiger partial charge >= 0.3 is 0 Å². The van der Waals surface area contributed by atoms with Crippen molar-refractivity contribution in [2.24, 2.45) is 5.10 Å². The quantitative estimate of drug-likeness (QED) is 0.245. The summed E-state index contributed by atoms with van der Waals surface area (Å²) in [6, 6.07) is 19.3. The molecule has 8 nitrogen and oxygen atoms in total. The highest BCUT2D eigenvalue weighted by Crippen LogP contribution is 2.27. The Morgan fingerprint density at radius 1 is 1.09 bits per heavy atom. The molecule has 0 aliphatic rings. The highest BCUT2D eigenvalue weighted by molar-refractivity contribution is 7.99. The number of nitrogens with one attached hydrogen (secondary N) is 1. The van der Waals surface area contributed by atoms with Crippen molar-refractivity contribution in [1.82, 2.24) is 25.2 Å². The maximum absolute atomic E-state index is 12.4. The first kappa shape index (κ1) is 22.2. The molecule has 2 heterocycles. The summed E-state index contributed by atoms with van der Waals surface area (Å²) >= 11 is 1.29. The van der Waals surface area contributed by atoms with E-state index in [4.69, 9.17) is 4.74 Å². The van der Waals surface area contributed by atoms with Crippen LogP contribution >= 0.6 is 11.8 Å². The lowest BCUT2D eigenvalue weighted by molar-refractivity contribution is -0.118. The van der Waals surface area contributed by atoms with Crippen molar-refractivity contribution in [3.8, 4) is 22.8 Å². The molecule has 2 aromatic heterocycles. The number of ether oxygens (including phenoxy) is 1. The van der Waals surface area contributed by atoms with Gasteiger partial charge in [-0.05, 0) is 43.3 Å². The minimum Gasteiger partial charge on any atom is -0.496 e. The fourth-order valence-corrected chi connectivity index (χ4v) is 3.83. The summed E-state index contributed by atoms with van der Waals surface area (Å²) in [6.45, 7) is 2.03. The molecular weight excluding hydrogens is 436 g/mol. The Morgan fingerprint density at radius 3 is 2.61 bits per heavy atom. The first-order valence-corrected chi connectivity index (χ1v) is 11.1. The second kappa shape index (κ2) is 10.6. The van der Waals surface area contributed by atoms with E-state index in [9.17, 15) is 4.79 Å². The van der Waals surface area contributed by atoms with Crippen molar-refractivity contribution < 1.29 is 9.53 Å². The summed E-state index contributed by atoms with van der Waals surface area (Å²) in [6.07, 6.45) is 4.98. The number of pyridine rings is 1. The molecule has 0 aliphatic carbocycles. The van der Waals surface area contributed by atoms with Gasteiger partial charge in [-0.25, -0.2) is 5.43 Å². The van der Waals surface area contributed by atoms with Crippen LogP contribution in [-0.4, -0.2) is 44.7 Å². The van der Waals surface area contributed by atoms with Gasteiger partial charge in [0.1, 0.15) is 5.75 Å². The van der Waals surface area contributed by atoms with Gasteiger partial charge in [0.25, 0.3) is 5.91 Å². The molecule has 0 saturated heterocycles. The maximum atomic E-state index is 12.4. The lowest BCUT2D eigenvalue weighted by Crippen LogP contribution is -2.20. The number of hydrogen-bond donors (Lipinski definition) is 1. The van der Waals surface area contributed by atoms with E-state index in [0.717, 1.165) is 22.4 Å². The molecule has 9 heteroatoms. The lowest BCUT2D eigenvalue weighted by atomic mass is 10.2. The zero-order valence-electron chi connectivity index (χ0n) is 18.2. The minimum atomic E-state index is -0.255. The van der Waals surface area contributed by atoms with Gasteiger partial charge in [-0.2, -0.15) is 5.10 Å². The Balaban J connectivity index is 1.50. The molecular formula is C24H22N6O2S. The predicted molar refractivity (Wildman–Crippen MR) is 129 cm³/mol. The number of rotatable bonds is 8. The van der Waals surface area contributed by atoms with Crippen molar-refractivity contribution in [1.29, 1.82) is 0 Å². The number of hydrazone groups is 1. The molecule has 2 aromatic carbocycles. The van der Waals surface area contributed by atoms with Crippen LogP contribution < -0.4 is 10.2 Å². The van der Waals surface area contributed by atoms with Crippen molar-refractivity contribution >= 4 is 23.9 Å². The summed E-state index contributed by atoms with van der Waals surface area (Å²) in [4.78, 5) is 16.5. The van der Waals surface area contributed by atoms with E-state index in [1.54, 1.807) is 25.7 Å². The Bertz CT molecular complexity index is 1260. The van der Waals surface area contributed by atoms with E-state index < -0.39 is 0 Å². The monoisotopic (exact) mass is 458 g/mol. The van der Waals surface area contributed by atoms with E-state index >= 15 is 0 Å². The molecule has 0 saturated carbocycles. The fraction of sp³-hybridized carbons (Fsp3) is 0.125. The van der Waals surface area contributed by atoms with Crippen LogP contribution in [0.3, 0.4) is 0 Å². The molecule has 0 aliphatic heterocycles. The topological polar surface area (TPSA) is 94.3 Å². The second-order valence-electron chi connectivity index (χ2n) is 7.04. The number of amides is 1. The standard InChI is InChI=1S/C24H22N6O2S/c1-17-7-9-20(10-8-17)30-23(18-11-13-25-14-12-18)28-29-24(30)33-16-22(31)27-26-15-19-5-3-4-6-21(19)32-2/h3-15H,16H2,1-2H3,(H,27,31)/b26-15-. The van der Waals surface area contributed by atoms with E-state index in [0.29, 0.717) is 16.7 Å². The Kier molecular flexibility index (Phi) is 7.11. The molecule has 1 amide bonds. The van der Waals surface area contributed by atoms with Crippen molar-refractivity contribution in [3.63, 3.8) is 0 Å². The predicted octanol–water partition coefficient (Wildman–Crippen LogP) is 3.89. The van der Waals surface area contributed by atoms with Crippen LogP contribution in [0.5, 0.6) is 5.75 Å². The van der Waals surface area contributed by atoms with Crippen molar-refractivity contribution in [3.05, 3.63) is 84.2 Å². The van der Waals surface area contributed by atoms with Crippen LogP contribution in [0.25, 0.3) is 17.1 Å². The van der Waals surface area contributed by atoms with Crippen molar-refractivity contribution in [2.45, 2.75) is 12.1 Å². The number of benzene rings is 2. The minimum absolute atomic E-state index is 0.129. The van der Waals surface area contributed by atoms with Crippen LogP contribution in [0.1, 0.15) is 11.1 Å². The van der Waals surface area contributed by atoms with E-state index in [2.05, 4.69) is 25.7 Å². The second-order valence-corrected chi connectivity index (χ2v) is 7.98. The molecule has 0 fully saturated rings. The van der Waals surface area contributed by atoms with Crippen LogP contribution in [-0.2, 0) is 4.79 Å². The van der Waals surface area contributed by atoms with E-state index in [1.807, 2.05) is 72.2 Å². The van der Waals surface area contributed by atoms with Gasteiger partial charge in [0.05, 0.1) is 19.1 Å². The Morgan fingerprint density at radius 2 is 1.85 bits per heavy atom. The van der Waals surface area contributed by atoms with Crippen LogP contribution in [0.2, 0.25) is 0 Å². The first-order valence-electron chi connectivity index (χ1n) is 10.2. The number of methoxy groups -OCH3 is 1. The summed E-state index contributed by atoms with van der Waals surface area (Å²) in [5.74, 6) is 1.23. The molecule has 0 unspecified atom stereocenters. The SMILES string of the molecule is COc1ccccc1/C=N\NC(=O)CSc1nnc(-c2ccncc2)n1-c1ccc(C)cc1. The number of nitrogens with zero attached hydrogens (tertiary/aromatic N) is 5. The van der Waals surface area contributed by atoms with Gasteiger partial charge in [0.2, 0.25) is 0 Å². The smallest absolute Gasteiger partial charge is 0.250 e. The maximum Gasteiger partial charge on any atom is 0.250 e. The molecule has 4 aromatic rings. The summed E-state index contributed by atoms with van der Waals surface area (Å²) in [5, 5.41) is 13.4. The van der Waals surface area contributed by atoms with Gasteiger partial charge in [0, 0.05) is 29.2 Å². The van der Waals surface area contributed by atoms with Gasteiger partial charge in [-0.1, -0.05) is 41.6 Å². The van der Waals surface area contributed by atoms with Crippen molar-refractivity contribution in [2.75, 3.05) is 12.9 Å². The highest BCUT2D eigenvalue weighted by atomic mass is 32.2. The third-order valence-corrected chi connectivity index (χ3v) is 5.66. The molecule has 4 rings (SSSR count). The zero-order chi connectivity index (χ0) is 23.0. The molecule has 1 N–H and O–H groups in total.